The van der Waals surface area contributed by atoms with Crippen LogP contribution in [0.3, 0.4) is 0 Å². The zero-order chi connectivity index (χ0) is 17.9. The Bertz CT molecular complexity index is 594. The Kier molecular flexibility index (Phi) is 5.19. The first-order valence-corrected chi connectivity index (χ1v) is 8.35. The lowest BCUT2D eigenvalue weighted by Crippen LogP contribution is -2.62. The molecule has 1 heterocycles. The van der Waals surface area contributed by atoms with E-state index in [1.54, 1.807) is 0 Å². The van der Waals surface area contributed by atoms with E-state index in [2.05, 4.69) is 15.0 Å². The predicted octanol–water partition coefficient (Wildman–Crippen LogP) is 2.57. The molecular formula is C17H21F3N2O3. The first kappa shape index (κ1) is 18.0. The molecule has 0 atom stereocenters. The summed E-state index contributed by atoms with van der Waals surface area (Å²) in [5, 5.41) is 2.92. The van der Waals surface area contributed by atoms with E-state index < -0.39 is 6.36 Å². The van der Waals surface area contributed by atoms with Crippen LogP contribution in [0.2, 0.25) is 0 Å². The van der Waals surface area contributed by atoms with Gasteiger partial charge >= 0.3 is 6.36 Å². The maximum Gasteiger partial charge on any atom is 0.573 e. The molecule has 0 bridgehead atoms. The van der Waals surface area contributed by atoms with E-state index in [0.717, 1.165) is 44.5 Å². The fourth-order valence-corrected chi connectivity index (χ4v) is 3.38. The van der Waals surface area contributed by atoms with E-state index in [9.17, 15) is 18.0 Å². The number of halogens is 3. The molecule has 8 heteroatoms. The molecule has 1 aromatic rings. The fourth-order valence-electron chi connectivity index (χ4n) is 3.38. The number of morpholine rings is 1. The number of carbonyl (C=O) groups excluding carboxylic acids is 1. The summed E-state index contributed by atoms with van der Waals surface area (Å²) in [6.45, 7) is 3.66. The molecule has 3 rings (SSSR count). The highest BCUT2D eigenvalue weighted by Crippen LogP contribution is 2.37. The Morgan fingerprint density at radius 2 is 1.84 bits per heavy atom. The lowest BCUT2D eigenvalue weighted by Gasteiger charge is -2.51. The van der Waals surface area contributed by atoms with Crippen molar-refractivity contribution in [2.45, 2.75) is 31.2 Å². The highest BCUT2D eigenvalue weighted by atomic mass is 19.4. The second kappa shape index (κ2) is 7.21. The number of nitrogens with one attached hydrogen (secondary N) is 1. The van der Waals surface area contributed by atoms with Gasteiger partial charge < -0.3 is 14.8 Å². The number of carbonyl (C=O) groups is 1. The average molecular weight is 358 g/mol. The van der Waals surface area contributed by atoms with Gasteiger partial charge in [0.05, 0.1) is 13.2 Å². The van der Waals surface area contributed by atoms with Gasteiger partial charge in [-0.2, -0.15) is 0 Å². The second-order valence-electron chi connectivity index (χ2n) is 6.43. The van der Waals surface area contributed by atoms with E-state index >= 15 is 0 Å². The van der Waals surface area contributed by atoms with Crippen LogP contribution in [0, 0.1) is 0 Å². The minimum absolute atomic E-state index is 0.0151. The third-order valence-electron chi connectivity index (χ3n) is 4.89. The molecule has 0 radical (unpaired) electrons. The molecule has 1 aliphatic heterocycles. The van der Waals surface area contributed by atoms with Gasteiger partial charge in [0.15, 0.2) is 0 Å². The quantitative estimate of drug-likeness (QED) is 0.879. The van der Waals surface area contributed by atoms with E-state index in [0.29, 0.717) is 25.3 Å². The molecule has 1 saturated heterocycles. The Morgan fingerprint density at radius 3 is 2.36 bits per heavy atom. The van der Waals surface area contributed by atoms with Gasteiger partial charge in [-0.3, -0.25) is 9.69 Å². The number of benzene rings is 1. The SMILES string of the molecule is O=C(NCC1(N2CCOCC2)CCC1)c1ccc(OC(F)(F)F)cc1. The number of nitrogens with zero attached hydrogens (tertiary/aromatic N) is 1. The van der Waals surface area contributed by atoms with Gasteiger partial charge in [0.25, 0.3) is 5.91 Å². The van der Waals surface area contributed by atoms with Crippen LogP contribution >= 0.6 is 0 Å². The Morgan fingerprint density at radius 1 is 1.20 bits per heavy atom. The van der Waals surface area contributed by atoms with E-state index in [-0.39, 0.29) is 17.2 Å². The van der Waals surface area contributed by atoms with E-state index in [4.69, 9.17) is 4.74 Å². The largest absolute Gasteiger partial charge is 0.573 e. The number of alkyl halides is 3. The molecule has 0 aromatic heterocycles. The van der Waals surface area contributed by atoms with Crippen LogP contribution in [0.1, 0.15) is 29.6 Å². The van der Waals surface area contributed by atoms with Gasteiger partial charge in [0.2, 0.25) is 0 Å². The van der Waals surface area contributed by atoms with Gasteiger partial charge in [-0.25, -0.2) is 0 Å². The Balaban J connectivity index is 1.56. The van der Waals surface area contributed by atoms with E-state index in [1.807, 2.05) is 0 Å². The summed E-state index contributed by atoms with van der Waals surface area (Å²) >= 11 is 0. The number of amides is 1. The van der Waals surface area contributed by atoms with Crippen molar-refractivity contribution < 1.29 is 27.4 Å². The lowest BCUT2D eigenvalue weighted by molar-refractivity contribution is -0.274. The molecule has 1 N–H and O–H groups in total. The molecule has 5 nitrogen and oxygen atoms in total. The maximum atomic E-state index is 12.3. The molecule has 0 spiro atoms. The number of hydrogen-bond acceptors (Lipinski definition) is 4. The Hall–Kier alpha value is -1.80. The molecule has 1 amide bonds. The molecule has 1 aliphatic carbocycles. The van der Waals surface area contributed by atoms with Crippen molar-refractivity contribution in [1.29, 1.82) is 0 Å². The average Bonchev–Trinajstić information content (AvgIpc) is 2.54. The molecule has 2 aliphatic rings. The summed E-state index contributed by atoms with van der Waals surface area (Å²) in [5.41, 5.74) is 0.296. The second-order valence-corrected chi connectivity index (χ2v) is 6.43. The van der Waals surface area contributed by atoms with Crippen LogP contribution in [-0.4, -0.2) is 55.6 Å². The molecule has 0 unspecified atom stereocenters. The Labute approximate surface area is 144 Å². The molecule has 1 aromatic carbocycles. The van der Waals surface area contributed by atoms with Crippen molar-refractivity contribution in [2.24, 2.45) is 0 Å². The topological polar surface area (TPSA) is 50.8 Å². The van der Waals surface area contributed by atoms with Crippen molar-refractivity contribution in [3.63, 3.8) is 0 Å². The number of ether oxygens (including phenoxy) is 2. The normalized spacial score (nSPS) is 20.6. The van der Waals surface area contributed by atoms with Crippen molar-refractivity contribution in [3.05, 3.63) is 29.8 Å². The van der Waals surface area contributed by atoms with Crippen molar-refractivity contribution in [2.75, 3.05) is 32.8 Å². The fraction of sp³-hybridized carbons (Fsp3) is 0.588. The van der Waals surface area contributed by atoms with Crippen LogP contribution in [0.4, 0.5) is 13.2 Å². The summed E-state index contributed by atoms with van der Waals surface area (Å²) < 4.78 is 45.7. The van der Waals surface area contributed by atoms with Gasteiger partial charge in [-0.1, -0.05) is 0 Å². The number of rotatable bonds is 5. The lowest BCUT2D eigenvalue weighted by atomic mass is 9.75. The number of hydrogen-bond donors (Lipinski definition) is 1. The smallest absolute Gasteiger partial charge is 0.406 e. The van der Waals surface area contributed by atoms with Gasteiger partial charge in [-0.05, 0) is 43.5 Å². The highest BCUT2D eigenvalue weighted by Gasteiger charge is 2.43. The monoisotopic (exact) mass is 358 g/mol. The molecule has 1 saturated carbocycles. The maximum absolute atomic E-state index is 12.3. The highest BCUT2D eigenvalue weighted by molar-refractivity contribution is 5.94. The minimum atomic E-state index is -4.74. The summed E-state index contributed by atoms with van der Waals surface area (Å²) in [4.78, 5) is 14.7. The van der Waals surface area contributed by atoms with Crippen LogP contribution in [-0.2, 0) is 4.74 Å². The van der Waals surface area contributed by atoms with Gasteiger partial charge in [0, 0.05) is 30.7 Å². The van der Waals surface area contributed by atoms with Gasteiger partial charge in [-0.15, -0.1) is 13.2 Å². The van der Waals surface area contributed by atoms with E-state index in [1.165, 1.54) is 12.1 Å². The first-order valence-electron chi connectivity index (χ1n) is 8.35. The summed E-state index contributed by atoms with van der Waals surface area (Å²) in [5.74, 6) is -0.633. The van der Waals surface area contributed by atoms with Crippen molar-refractivity contribution in [3.8, 4) is 5.75 Å². The molecular weight excluding hydrogens is 337 g/mol. The van der Waals surface area contributed by atoms with Crippen molar-refractivity contribution >= 4 is 5.91 Å². The van der Waals surface area contributed by atoms with Crippen LogP contribution in [0.25, 0.3) is 0 Å². The van der Waals surface area contributed by atoms with Crippen molar-refractivity contribution in [1.82, 2.24) is 10.2 Å². The zero-order valence-electron chi connectivity index (χ0n) is 13.8. The van der Waals surface area contributed by atoms with Crippen LogP contribution in [0.5, 0.6) is 5.75 Å². The standard InChI is InChI=1S/C17H21F3N2O3/c18-17(19,20)25-14-4-2-13(3-5-14)15(23)21-12-16(6-1-7-16)22-8-10-24-11-9-22/h2-5H,1,6-12H2,(H,21,23). The first-order chi connectivity index (χ1) is 11.9. The third kappa shape index (κ3) is 4.43. The molecule has 25 heavy (non-hydrogen) atoms. The van der Waals surface area contributed by atoms with Crippen LogP contribution < -0.4 is 10.1 Å². The predicted molar refractivity (Wildman–Crippen MR) is 84.4 cm³/mol. The van der Waals surface area contributed by atoms with Crippen LogP contribution in [0.15, 0.2) is 24.3 Å². The summed E-state index contributed by atoms with van der Waals surface area (Å²) in [6, 6.07) is 4.95. The molecule has 2 fully saturated rings. The third-order valence-corrected chi connectivity index (χ3v) is 4.89. The van der Waals surface area contributed by atoms with Gasteiger partial charge in [0.1, 0.15) is 5.75 Å². The summed E-state index contributed by atoms with van der Waals surface area (Å²) in [7, 11) is 0. The summed E-state index contributed by atoms with van der Waals surface area (Å²) in [6.07, 6.45) is -1.54. The molecule has 138 valence electrons. The zero-order valence-corrected chi connectivity index (χ0v) is 13.8. The minimum Gasteiger partial charge on any atom is -0.406 e.